The van der Waals surface area contributed by atoms with E-state index in [4.69, 9.17) is 4.74 Å². The number of piperidine rings is 1. The Hall–Kier alpha value is -0.850. The Balaban J connectivity index is 0.00000361. The van der Waals surface area contributed by atoms with Crippen LogP contribution in [0.4, 0.5) is 0 Å². The van der Waals surface area contributed by atoms with Gasteiger partial charge in [0, 0.05) is 26.1 Å². The third kappa shape index (κ3) is 5.26. The second-order valence-corrected chi connectivity index (χ2v) is 5.15. The topological polar surface area (TPSA) is 79.5 Å². The summed E-state index contributed by atoms with van der Waals surface area (Å²) in [6.45, 7) is 6.11. The highest BCUT2D eigenvalue weighted by atomic mass is 35.5. The third-order valence-electron chi connectivity index (χ3n) is 3.45. The van der Waals surface area contributed by atoms with Crippen molar-refractivity contribution >= 4 is 24.2 Å². The normalized spacial score (nSPS) is 17.2. The lowest BCUT2D eigenvalue weighted by atomic mass is 9.91. The predicted molar refractivity (Wildman–Crippen MR) is 79.9 cm³/mol. The molecule has 0 aromatic rings. The van der Waals surface area contributed by atoms with Crippen LogP contribution in [-0.4, -0.2) is 50.7 Å². The Morgan fingerprint density at radius 2 is 1.75 bits per heavy atom. The minimum atomic E-state index is -0.715. The molecule has 1 rings (SSSR count). The SMILES string of the molecule is COC1(C(=O)NCCNC(=O)C(C)C)CCNCC1.Cl. The van der Waals surface area contributed by atoms with Gasteiger partial charge in [0.05, 0.1) is 0 Å². The first-order valence-corrected chi connectivity index (χ1v) is 6.84. The van der Waals surface area contributed by atoms with E-state index < -0.39 is 5.60 Å². The largest absolute Gasteiger partial charge is 0.368 e. The number of halogens is 1. The summed E-state index contributed by atoms with van der Waals surface area (Å²) in [7, 11) is 1.57. The van der Waals surface area contributed by atoms with Crippen LogP contribution in [0.2, 0.25) is 0 Å². The van der Waals surface area contributed by atoms with Crippen molar-refractivity contribution in [1.82, 2.24) is 16.0 Å². The smallest absolute Gasteiger partial charge is 0.252 e. The molecule has 7 heteroatoms. The molecule has 3 N–H and O–H groups in total. The molecule has 0 aromatic carbocycles. The van der Waals surface area contributed by atoms with Gasteiger partial charge in [0.2, 0.25) is 5.91 Å². The van der Waals surface area contributed by atoms with Crippen molar-refractivity contribution in [1.29, 1.82) is 0 Å². The Kier molecular flexibility index (Phi) is 8.76. The van der Waals surface area contributed by atoms with Crippen LogP contribution >= 0.6 is 12.4 Å². The fourth-order valence-electron chi connectivity index (χ4n) is 2.08. The van der Waals surface area contributed by atoms with E-state index in [0.29, 0.717) is 25.9 Å². The summed E-state index contributed by atoms with van der Waals surface area (Å²) in [4.78, 5) is 23.5. The summed E-state index contributed by atoms with van der Waals surface area (Å²) >= 11 is 0. The Labute approximate surface area is 126 Å². The highest BCUT2D eigenvalue weighted by Gasteiger charge is 2.39. The van der Waals surface area contributed by atoms with Gasteiger partial charge >= 0.3 is 0 Å². The van der Waals surface area contributed by atoms with Crippen molar-refractivity contribution in [3.05, 3.63) is 0 Å². The van der Waals surface area contributed by atoms with Gasteiger partial charge < -0.3 is 20.7 Å². The minimum absolute atomic E-state index is 0. The van der Waals surface area contributed by atoms with Gasteiger partial charge in [0.25, 0.3) is 5.91 Å². The van der Waals surface area contributed by atoms with Crippen molar-refractivity contribution in [3.63, 3.8) is 0 Å². The average Bonchev–Trinajstić information content (AvgIpc) is 2.43. The molecular weight excluding hydrogens is 282 g/mol. The van der Waals surface area contributed by atoms with E-state index in [2.05, 4.69) is 16.0 Å². The van der Waals surface area contributed by atoms with E-state index in [1.807, 2.05) is 13.8 Å². The molecule has 1 aliphatic heterocycles. The van der Waals surface area contributed by atoms with Gasteiger partial charge in [0.15, 0.2) is 0 Å². The van der Waals surface area contributed by atoms with E-state index in [0.717, 1.165) is 13.1 Å². The fraction of sp³-hybridized carbons (Fsp3) is 0.846. The van der Waals surface area contributed by atoms with Crippen LogP contribution in [0, 0.1) is 5.92 Å². The number of hydrogen-bond acceptors (Lipinski definition) is 4. The lowest BCUT2D eigenvalue weighted by Gasteiger charge is -2.34. The van der Waals surface area contributed by atoms with Crippen molar-refractivity contribution < 1.29 is 14.3 Å². The summed E-state index contributed by atoms with van der Waals surface area (Å²) in [5.74, 6) is -0.127. The predicted octanol–water partition coefficient (Wildman–Crippen LogP) is 0.0652. The summed E-state index contributed by atoms with van der Waals surface area (Å²) in [5.41, 5.74) is -0.715. The van der Waals surface area contributed by atoms with Gasteiger partial charge in [0.1, 0.15) is 5.60 Å². The van der Waals surface area contributed by atoms with E-state index >= 15 is 0 Å². The number of carbonyl (C=O) groups is 2. The first kappa shape index (κ1) is 19.1. The molecule has 20 heavy (non-hydrogen) atoms. The molecular formula is C13H26ClN3O3. The number of carbonyl (C=O) groups excluding carboxylic acids is 2. The van der Waals surface area contributed by atoms with Crippen LogP contribution in [0.3, 0.4) is 0 Å². The van der Waals surface area contributed by atoms with Crippen LogP contribution in [-0.2, 0) is 14.3 Å². The van der Waals surface area contributed by atoms with Crippen LogP contribution in [0.1, 0.15) is 26.7 Å². The van der Waals surface area contributed by atoms with E-state index in [1.54, 1.807) is 7.11 Å². The molecule has 1 aliphatic rings. The van der Waals surface area contributed by atoms with Gasteiger partial charge in [-0.2, -0.15) is 0 Å². The van der Waals surface area contributed by atoms with Gasteiger partial charge in [-0.25, -0.2) is 0 Å². The second kappa shape index (κ2) is 9.15. The summed E-state index contributed by atoms with van der Waals surface area (Å²) in [6.07, 6.45) is 1.35. The van der Waals surface area contributed by atoms with Crippen molar-refractivity contribution in [2.24, 2.45) is 5.92 Å². The van der Waals surface area contributed by atoms with Gasteiger partial charge in [-0.1, -0.05) is 13.8 Å². The van der Waals surface area contributed by atoms with Crippen LogP contribution in [0.25, 0.3) is 0 Å². The number of rotatable bonds is 6. The zero-order valence-electron chi connectivity index (χ0n) is 12.5. The highest BCUT2D eigenvalue weighted by molar-refractivity contribution is 5.85. The molecule has 0 saturated carbocycles. The molecule has 0 atom stereocenters. The maximum atomic E-state index is 12.2. The van der Waals surface area contributed by atoms with Gasteiger partial charge in [-0.3, -0.25) is 9.59 Å². The van der Waals surface area contributed by atoms with Crippen LogP contribution in [0.5, 0.6) is 0 Å². The molecule has 6 nitrogen and oxygen atoms in total. The van der Waals surface area contributed by atoms with Gasteiger partial charge in [-0.05, 0) is 25.9 Å². The number of nitrogens with one attached hydrogen (secondary N) is 3. The lowest BCUT2D eigenvalue weighted by molar-refractivity contribution is -0.146. The summed E-state index contributed by atoms with van der Waals surface area (Å²) in [6, 6.07) is 0. The maximum Gasteiger partial charge on any atom is 0.252 e. The number of methoxy groups -OCH3 is 1. The zero-order valence-corrected chi connectivity index (χ0v) is 13.3. The monoisotopic (exact) mass is 307 g/mol. The van der Waals surface area contributed by atoms with E-state index in [-0.39, 0.29) is 30.1 Å². The third-order valence-corrected chi connectivity index (χ3v) is 3.45. The number of ether oxygens (including phenoxy) is 1. The molecule has 1 saturated heterocycles. The Morgan fingerprint density at radius 3 is 2.25 bits per heavy atom. The molecule has 2 amide bonds. The quantitative estimate of drug-likeness (QED) is 0.607. The minimum Gasteiger partial charge on any atom is -0.368 e. The van der Waals surface area contributed by atoms with Crippen LogP contribution in [0.15, 0.2) is 0 Å². The molecule has 0 bridgehead atoms. The standard InChI is InChI=1S/C13H25N3O3.ClH/c1-10(2)11(17)15-8-9-16-12(18)13(19-3)4-6-14-7-5-13;/h10,14H,4-9H2,1-3H3,(H,15,17)(H,16,18);1H. The lowest BCUT2D eigenvalue weighted by Crippen LogP contribution is -2.55. The number of hydrogen-bond donors (Lipinski definition) is 3. The van der Waals surface area contributed by atoms with Gasteiger partial charge in [-0.15, -0.1) is 12.4 Å². The van der Waals surface area contributed by atoms with E-state index in [1.165, 1.54) is 0 Å². The molecule has 0 aromatic heterocycles. The average molecular weight is 308 g/mol. The Bertz CT molecular complexity index is 318. The first-order chi connectivity index (χ1) is 9.02. The highest BCUT2D eigenvalue weighted by Crippen LogP contribution is 2.22. The van der Waals surface area contributed by atoms with Crippen molar-refractivity contribution in [3.8, 4) is 0 Å². The molecule has 1 heterocycles. The molecule has 0 radical (unpaired) electrons. The maximum absolute atomic E-state index is 12.2. The summed E-state index contributed by atoms with van der Waals surface area (Å²) in [5, 5.41) is 8.80. The molecule has 118 valence electrons. The second-order valence-electron chi connectivity index (χ2n) is 5.15. The van der Waals surface area contributed by atoms with E-state index in [9.17, 15) is 9.59 Å². The van der Waals surface area contributed by atoms with Crippen LogP contribution < -0.4 is 16.0 Å². The molecule has 1 fully saturated rings. The number of amides is 2. The zero-order chi connectivity index (χ0) is 14.3. The molecule has 0 unspecified atom stereocenters. The fourth-order valence-corrected chi connectivity index (χ4v) is 2.08. The molecule has 0 aliphatic carbocycles. The Morgan fingerprint density at radius 1 is 1.20 bits per heavy atom. The van der Waals surface area contributed by atoms with Crippen molar-refractivity contribution in [2.45, 2.75) is 32.3 Å². The van der Waals surface area contributed by atoms with Crippen molar-refractivity contribution in [2.75, 3.05) is 33.3 Å². The molecule has 0 spiro atoms. The first-order valence-electron chi connectivity index (χ1n) is 6.84. The summed E-state index contributed by atoms with van der Waals surface area (Å²) < 4.78 is 5.42.